The van der Waals surface area contributed by atoms with Crippen molar-refractivity contribution in [3.63, 3.8) is 0 Å². The summed E-state index contributed by atoms with van der Waals surface area (Å²) < 4.78 is 15.5. The van der Waals surface area contributed by atoms with Gasteiger partial charge in [-0.25, -0.2) is 24.3 Å². The third-order valence-electron chi connectivity index (χ3n) is 8.07. The summed E-state index contributed by atoms with van der Waals surface area (Å²) >= 11 is 1.28. The fourth-order valence-corrected chi connectivity index (χ4v) is 6.27. The molecule has 11 nitrogen and oxygen atoms in total. The van der Waals surface area contributed by atoms with E-state index in [-0.39, 0.29) is 23.7 Å². The molecule has 1 aromatic carbocycles. The number of thiazole rings is 1. The average Bonchev–Trinajstić information content (AvgIpc) is 3.60. The number of pyridine rings is 1. The molecular weight excluding hydrogens is 579 g/mol. The third-order valence-corrected chi connectivity index (χ3v) is 9.11. The normalized spacial score (nSPS) is 15.1. The number of hydrogen-bond acceptors (Lipinski definition) is 10. The molecule has 0 spiro atoms. The van der Waals surface area contributed by atoms with Crippen molar-refractivity contribution in [3.05, 3.63) is 71.4 Å². The first-order valence-corrected chi connectivity index (χ1v) is 15.2. The number of benzene rings is 1. The predicted molar refractivity (Wildman–Crippen MR) is 166 cm³/mol. The van der Waals surface area contributed by atoms with Crippen LogP contribution in [-0.4, -0.2) is 69.5 Å². The van der Waals surface area contributed by atoms with Crippen LogP contribution in [0.4, 0.5) is 21.3 Å². The number of aromatic nitrogens is 5. The van der Waals surface area contributed by atoms with E-state index in [1.54, 1.807) is 24.5 Å². The lowest BCUT2D eigenvalue weighted by Crippen LogP contribution is -2.61. The Morgan fingerprint density at radius 3 is 2.50 bits per heavy atom. The highest BCUT2D eigenvalue weighted by molar-refractivity contribution is 7.16. The van der Waals surface area contributed by atoms with Crippen molar-refractivity contribution in [2.75, 3.05) is 43.0 Å². The van der Waals surface area contributed by atoms with Crippen molar-refractivity contribution in [2.24, 2.45) is 5.92 Å². The predicted octanol–water partition coefficient (Wildman–Crippen LogP) is 3.78. The molecule has 0 bridgehead atoms. The van der Waals surface area contributed by atoms with E-state index in [1.165, 1.54) is 23.5 Å². The first kappa shape index (κ1) is 27.9. The van der Waals surface area contributed by atoms with Gasteiger partial charge in [0, 0.05) is 68.5 Å². The van der Waals surface area contributed by atoms with Gasteiger partial charge in [0.1, 0.15) is 33.9 Å². The Bertz CT molecular complexity index is 1890. The molecule has 6 heterocycles. The van der Waals surface area contributed by atoms with Gasteiger partial charge in [-0.3, -0.25) is 9.20 Å². The molecule has 5 aromatic rings. The van der Waals surface area contributed by atoms with Crippen molar-refractivity contribution in [1.29, 1.82) is 5.26 Å². The maximum absolute atomic E-state index is 13.5. The second-order valence-corrected chi connectivity index (χ2v) is 11.9. The highest BCUT2D eigenvalue weighted by Crippen LogP contribution is 2.37. The van der Waals surface area contributed by atoms with Crippen molar-refractivity contribution < 1.29 is 9.18 Å². The summed E-state index contributed by atoms with van der Waals surface area (Å²) in [5.41, 5.74) is 4.64. The van der Waals surface area contributed by atoms with Crippen LogP contribution in [0.15, 0.2) is 55.0 Å². The van der Waals surface area contributed by atoms with E-state index < -0.39 is 0 Å². The van der Waals surface area contributed by atoms with Crippen molar-refractivity contribution in [3.8, 4) is 28.5 Å². The minimum absolute atomic E-state index is 0.0421. The molecule has 222 valence electrons. The number of anilines is 3. The molecule has 0 radical (unpaired) electrons. The number of fused-ring (bicyclic) bond motifs is 1. The van der Waals surface area contributed by atoms with Gasteiger partial charge in [-0.15, -0.1) is 0 Å². The van der Waals surface area contributed by atoms with Crippen LogP contribution in [0.1, 0.15) is 17.5 Å². The fraction of sp³-hybridized carbons (Fsp3) is 0.290. The summed E-state index contributed by atoms with van der Waals surface area (Å²) in [6.07, 6.45) is 6.30. The van der Waals surface area contributed by atoms with Gasteiger partial charge in [0.2, 0.25) is 11.9 Å². The maximum Gasteiger partial charge on any atom is 0.227 e. The second kappa shape index (κ2) is 11.3. The number of carbonyl (C=O) groups excluding carboxylic acids is 1. The molecular formula is C31H29FN10OS. The van der Waals surface area contributed by atoms with E-state index in [0.29, 0.717) is 46.7 Å². The van der Waals surface area contributed by atoms with Gasteiger partial charge in [-0.05, 0) is 42.8 Å². The summed E-state index contributed by atoms with van der Waals surface area (Å²) in [5.74, 6) is 1.16. The summed E-state index contributed by atoms with van der Waals surface area (Å²) in [6, 6.07) is 12.4. The van der Waals surface area contributed by atoms with Crippen LogP contribution in [0.5, 0.6) is 0 Å². The molecule has 2 aliphatic rings. The van der Waals surface area contributed by atoms with E-state index in [0.717, 1.165) is 41.4 Å². The van der Waals surface area contributed by atoms with E-state index in [4.69, 9.17) is 9.97 Å². The van der Waals surface area contributed by atoms with Gasteiger partial charge in [0.15, 0.2) is 5.13 Å². The first-order chi connectivity index (χ1) is 21.4. The number of carbonyl (C=O) groups is 1. The number of aryl methyl sites for hydroxylation is 1. The number of halogens is 1. The minimum Gasteiger partial charge on any atom is -0.350 e. The molecule has 13 heteroatoms. The molecule has 2 saturated heterocycles. The maximum atomic E-state index is 13.5. The van der Waals surface area contributed by atoms with Crippen molar-refractivity contribution in [1.82, 2.24) is 35.0 Å². The van der Waals surface area contributed by atoms with Gasteiger partial charge in [0.25, 0.3) is 0 Å². The van der Waals surface area contributed by atoms with Gasteiger partial charge >= 0.3 is 0 Å². The number of amides is 1. The van der Waals surface area contributed by atoms with Crippen LogP contribution >= 0.6 is 11.3 Å². The number of nitriles is 1. The van der Waals surface area contributed by atoms with Crippen LogP contribution in [0, 0.1) is 23.1 Å². The lowest BCUT2D eigenvalue weighted by atomic mass is 9.98. The zero-order valence-corrected chi connectivity index (χ0v) is 25.0. The SMILES string of the molecule is CCc1nc2ccc(-c3cnc(N4CC(C(=O)NC5CNC5)C4)nc3)cn2c1N(C)c1nc(-c2ccc(F)cc2)c(C#N)s1. The number of imidazole rings is 1. The van der Waals surface area contributed by atoms with E-state index in [1.807, 2.05) is 46.5 Å². The van der Waals surface area contributed by atoms with Gasteiger partial charge in [-0.1, -0.05) is 18.3 Å². The molecule has 0 atom stereocenters. The average molecular weight is 609 g/mol. The Labute approximate surface area is 257 Å². The van der Waals surface area contributed by atoms with Gasteiger partial charge < -0.3 is 20.4 Å². The quantitative estimate of drug-likeness (QED) is 0.271. The summed E-state index contributed by atoms with van der Waals surface area (Å²) in [6.45, 7) is 4.93. The molecule has 2 aliphatic heterocycles. The molecule has 4 aromatic heterocycles. The first-order valence-electron chi connectivity index (χ1n) is 14.4. The molecule has 0 unspecified atom stereocenters. The lowest BCUT2D eigenvalue weighted by Gasteiger charge is -2.39. The summed E-state index contributed by atoms with van der Waals surface area (Å²) in [5, 5.41) is 16.7. The molecule has 2 fully saturated rings. The van der Waals surface area contributed by atoms with Crippen LogP contribution in [-0.2, 0) is 11.2 Å². The summed E-state index contributed by atoms with van der Waals surface area (Å²) in [7, 11) is 1.91. The Hall–Kier alpha value is -4.93. The Morgan fingerprint density at radius 2 is 1.84 bits per heavy atom. The van der Waals surface area contributed by atoms with E-state index in [9.17, 15) is 14.4 Å². The van der Waals surface area contributed by atoms with Crippen molar-refractivity contribution >= 4 is 39.8 Å². The lowest BCUT2D eigenvalue weighted by molar-refractivity contribution is -0.126. The molecule has 0 saturated carbocycles. The summed E-state index contributed by atoms with van der Waals surface area (Å²) in [4.78, 5) is 35.6. The second-order valence-electron chi connectivity index (χ2n) is 11.0. The van der Waals surface area contributed by atoms with Crippen molar-refractivity contribution in [2.45, 2.75) is 19.4 Å². The van der Waals surface area contributed by atoms with Gasteiger partial charge in [-0.2, -0.15) is 5.26 Å². The Kier molecular flexibility index (Phi) is 7.15. The molecule has 44 heavy (non-hydrogen) atoms. The third kappa shape index (κ3) is 5.01. The topological polar surface area (TPSA) is 127 Å². The van der Waals surface area contributed by atoms with Gasteiger partial charge in [0.05, 0.1) is 17.7 Å². The molecule has 7 rings (SSSR count). The fourth-order valence-electron chi connectivity index (χ4n) is 5.42. The van der Waals surface area contributed by atoms with Crippen LogP contribution in [0.2, 0.25) is 0 Å². The molecule has 0 aliphatic carbocycles. The zero-order chi connectivity index (χ0) is 30.4. The zero-order valence-electron chi connectivity index (χ0n) is 24.2. The molecule has 2 N–H and O–H groups in total. The molecule has 1 amide bonds. The van der Waals surface area contributed by atoms with E-state index >= 15 is 0 Å². The smallest absolute Gasteiger partial charge is 0.227 e. The van der Waals surface area contributed by atoms with Crippen LogP contribution in [0.25, 0.3) is 28.0 Å². The Morgan fingerprint density at radius 1 is 1.11 bits per heavy atom. The number of nitrogens with one attached hydrogen (secondary N) is 2. The monoisotopic (exact) mass is 608 g/mol. The highest BCUT2D eigenvalue weighted by atomic mass is 32.1. The van der Waals surface area contributed by atoms with Crippen LogP contribution in [0.3, 0.4) is 0 Å². The number of hydrogen-bond donors (Lipinski definition) is 2. The Balaban J connectivity index is 1.13. The minimum atomic E-state index is -0.343. The standard InChI is InChI=1S/C31H29FN10OS/c1-3-24-29(40(2)31-39-27(25(10-33)44-31)18-4-7-22(32)8-5-18)42-17-19(6-9-26(42)38-24)20-11-35-30(36-12-20)41-15-21(16-41)28(43)37-23-13-34-14-23/h4-9,11-12,17,21,23,34H,3,13-16H2,1-2H3,(H,37,43). The number of rotatable bonds is 8. The highest BCUT2D eigenvalue weighted by Gasteiger charge is 2.35. The number of nitrogens with zero attached hydrogens (tertiary/aromatic N) is 8. The largest absolute Gasteiger partial charge is 0.350 e. The van der Waals surface area contributed by atoms with Crippen LogP contribution < -0.4 is 20.4 Å². The van der Waals surface area contributed by atoms with E-state index in [2.05, 4.69) is 26.7 Å².